The van der Waals surface area contributed by atoms with Crippen molar-refractivity contribution in [2.45, 2.75) is 66.0 Å². The quantitative estimate of drug-likeness (QED) is 0.646. The molecule has 0 amide bonds. The summed E-state index contributed by atoms with van der Waals surface area (Å²) >= 11 is 0. The van der Waals surface area contributed by atoms with E-state index in [0.29, 0.717) is 17.8 Å². The molecular formula is C22H35NO2. The van der Waals surface area contributed by atoms with E-state index in [4.69, 9.17) is 4.74 Å². The number of carbonyl (C=O) groups excluding carboxylic acids is 1. The number of hydrogen-bond acceptors (Lipinski definition) is 3. The van der Waals surface area contributed by atoms with Gasteiger partial charge in [0.15, 0.2) is 0 Å². The molecule has 0 saturated heterocycles. The molecule has 1 aromatic carbocycles. The Labute approximate surface area is 153 Å². The van der Waals surface area contributed by atoms with Crippen LogP contribution >= 0.6 is 0 Å². The summed E-state index contributed by atoms with van der Waals surface area (Å²) < 4.78 is 6.16. The minimum atomic E-state index is -0.304. The van der Waals surface area contributed by atoms with E-state index in [1.807, 2.05) is 30.3 Å². The molecule has 0 aliphatic heterocycles. The first-order chi connectivity index (χ1) is 12.0. The van der Waals surface area contributed by atoms with Crippen molar-refractivity contribution in [2.24, 2.45) is 17.8 Å². The zero-order valence-electron chi connectivity index (χ0n) is 16.6. The zero-order valence-corrected chi connectivity index (χ0v) is 16.6. The maximum atomic E-state index is 13.2. The van der Waals surface area contributed by atoms with Gasteiger partial charge in [-0.1, -0.05) is 71.4 Å². The predicted octanol–water partition coefficient (Wildman–Crippen LogP) is 5.07. The Morgan fingerprint density at radius 3 is 2.36 bits per heavy atom. The largest absolute Gasteiger partial charge is 0.461 e. The van der Waals surface area contributed by atoms with Crippen LogP contribution < -0.4 is 0 Å². The second-order valence-corrected chi connectivity index (χ2v) is 7.84. The van der Waals surface area contributed by atoms with Gasteiger partial charge in [-0.05, 0) is 49.2 Å². The van der Waals surface area contributed by atoms with E-state index >= 15 is 0 Å². The van der Waals surface area contributed by atoms with Gasteiger partial charge < -0.3 is 4.74 Å². The lowest BCUT2D eigenvalue weighted by molar-refractivity contribution is -0.162. The highest BCUT2D eigenvalue weighted by atomic mass is 16.5. The SMILES string of the molecule is CCN(CC)C(C(=O)O[C@H]1C[C@@H](C)CC[C@@H]1C(C)C)c1ccccc1. The molecule has 2 rings (SSSR count). The van der Waals surface area contributed by atoms with Gasteiger partial charge >= 0.3 is 5.97 Å². The summed E-state index contributed by atoms with van der Waals surface area (Å²) in [4.78, 5) is 15.4. The molecule has 1 saturated carbocycles. The van der Waals surface area contributed by atoms with Gasteiger partial charge in [0.25, 0.3) is 0 Å². The third kappa shape index (κ3) is 5.07. The van der Waals surface area contributed by atoms with Crippen LogP contribution in [0.4, 0.5) is 0 Å². The lowest BCUT2D eigenvalue weighted by Gasteiger charge is -2.38. The Morgan fingerprint density at radius 2 is 1.80 bits per heavy atom. The van der Waals surface area contributed by atoms with Gasteiger partial charge in [0, 0.05) is 0 Å². The first-order valence-electron chi connectivity index (χ1n) is 9.97. The van der Waals surface area contributed by atoms with Gasteiger partial charge in [0.05, 0.1) is 0 Å². The van der Waals surface area contributed by atoms with Crippen LogP contribution in [0.25, 0.3) is 0 Å². The van der Waals surface area contributed by atoms with Gasteiger partial charge in [-0.15, -0.1) is 0 Å². The number of hydrogen-bond donors (Lipinski definition) is 0. The summed E-state index contributed by atoms with van der Waals surface area (Å²) in [6, 6.07) is 9.76. The maximum absolute atomic E-state index is 13.2. The first-order valence-corrected chi connectivity index (χ1v) is 9.97. The molecule has 1 aliphatic rings. The summed E-state index contributed by atoms with van der Waals surface area (Å²) in [6.07, 6.45) is 3.46. The van der Waals surface area contributed by atoms with Crippen LogP contribution in [-0.4, -0.2) is 30.1 Å². The Bertz CT molecular complexity index is 524. The van der Waals surface area contributed by atoms with E-state index in [9.17, 15) is 4.79 Å². The van der Waals surface area contributed by atoms with Crippen LogP contribution in [0.5, 0.6) is 0 Å². The molecule has 1 fully saturated rings. The fraction of sp³-hybridized carbons (Fsp3) is 0.682. The van der Waals surface area contributed by atoms with Crippen molar-refractivity contribution in [2.75, 3.05) is 13.1 Å². The first kappa shape index (κ1) is 20.0. The number of esters is 1. The van der Waals surface area contributed by atoms with E-state index in [0.717, 1.165) is 31.5 Å². The highest BCUT2D eigenvalue weighted by Gasteiger charge is 2.36. The minimum absolute atomic E-state index is 0.0537. The molecule has 1 aliphatic carbocycles. The number of likely N-dealkylation sites (N-methyl/N-ethyl adjacent to an activating group) is 1. The fourth-order valence-corrected chi connectivity index (χ4v) is 4.18. The average molecular weight is 346 g/mol. The number of benzene rings is 1. The predicted molar refractivity (Wildman–Crippen MR) is 103 cm³/mol. The molecular weight excluding hydrogens is 310 g/mol. The molecule has 0 aromatic heterocycles. The Kier molecular flexibility index (Phi) is 7.49. The van der Waals surface area contributed by atoms with Crippen molar-refractivity contribution in [3.05, 3.63) is 35.9 Å². The topological polar surface area (TPSA) is 29.5 Å². The molecule has 1 aromatic rings. The van der Waals surface area contributed by atoms with Gasteiger partial charge in [-0.25, -0.2) is 4.79 Å². The summed E-state index contributed by atoms with van der Waals surface area (Å²) in [7, 11) is 0. The molecule has 4 atom stereocenters. The van der Waals surface area contributed by atoms with E-state index in [1.165, 1.54) is 6.42 Å². The van der Waals surface area contributed by atoms with Crippen LogP contribution in [0, 0.1) is 17.8 Å². The van der Waals surface area contributed by atoms with E-state index in [-0.39, 0.29) is 18.1 Å². The number of nitrogens with zero attached hydrogens (tertiary/aromatic N) is 1. The van der Waals surface area contributed by atoms with Crippen molar-refractivity contribution in [3.8, 4) is 0 Å². The molecule has 3 nitrogen and oxygen atoms in total. The summed E-state index contributed by atoms with van der Waals surface area (Å²) in [5, 5.41) is 0. The fourth-order valence-electron chi connectivity index (χ4n) is 4.18. The van der Waals surface area contributed by atoms with E-state index < -0.39 is 0 Å². The van der Waals surface area contributed by atoms with Crippen molar-refractivity contribution in [1.82, 2.24) is 4.90 Å². The van der Waals surface area contributed by atoms with Crippen molar-refractivity contribution in [3.63, 3.8) is 0 Å². The second-order valence-electron chi connectivity index (χ2n) is 7.84. The monoisotopic (exact) mass is 345 g/mol. The molecule has 0 heterocycles. The maximum Gasteiger partial charge on any atom is 0.328 e. The summed E-state index contributed by atoms with van der Waals surface area (Å²) in [5.74, 6) is 1.58. The number of rotatable bonds is 7. The summed E-state index contributed by atoms with van der Waals surface area (Å²) in [6.45, 7) is 12.6. The lowest BCUT2D eigenvalue weighted by Crippen LogP contribution is -2.41. The van der Waals surface area contributed by atoms with E-state index in [1.54, 1.807) is 0 Å². The number of ether oxygens (including phenoxy) is 1. The molecule has 0 N–H and O–H groups in total. The normalized spacial score (nSPS) is 25.2. The Morgan fingerprint density at radius 1 is 1.16 bits per heavy atom. The molecule has 140 valence electrons. The molecule has 0 spiro atoms. The lowest BCUT2D eigenvalue weighted by atomic mass is 9.75. The molecule has 3 heteroatoms. The van der Waals surface area contributed by atoms with Crippen LogP contribution in [-0.2, 0) is 9.53 Å². The summed E-state index contributed by atoms with van der Waals surface area (Å²) in [5.41, 5.74) is 1.03. The Hall–Kier alpha value is -1.35. The van der Waals surface area contributed by atoms with E-state index in [2.05, 4.69) is 39.5 Å². The highest BCUT2D eigenvalue weighted by molar-refractivity contribution is 5.78. The second kappa shape index (κ2) is 9.38. The smallest absolute Gasteiger partial charge is 0.328 e. The van der Waals surface area contributed by atoms with Crippen molar-refractivity contribution < 1.29 is 9.53 Å². The minimum Gasteiger partial charge on any atom is -0.461 e. The average Bonchev–Trinajstić information content (AvgIpc) is 2.59. The van der Waals surface area contributed by atoms with Crippen molar-refractivity contribution >= 4 is 5.97 Å². The van der Waals surface area contributed by atoms with Gasteiger partial charge in [-0.2, -0.15) is 0 Å². The van der Waals surface area contributed by atoms with Gasteiger partial charge in [0.2, 0.25) is 0 Å². The number of carbonyl (C=O) groups is 1. The standard InChI is InChI=1S/C22H35NO2/c1-6-23(7-2)21(18-11-9-8-10-12-18)22(24)25-20-15-17(5)13-14-19(20)16(3)4/h8-12,16-17,19-21H,6-7,13-15H2,1-5H3/t17-,19+,20-,21?/m0/s1. The highest BCUT2D eigenvalue weighted by Crippen LogP contribution is 2.36. The third-order valence-corrected chi connectivity index (χ3v) is 5.74. The van der Waals surface area contributed by atoms with Crippen molar-refractivity contribution in [1.29, 1.82) is 0 Å². The molecule has 0 radical (unpaired) electrons. The van der Waals surface area contributed by atoms with Crippen LogP contribution in [0.1, 0.15) is 65.5 Å². The van der Waals surface area contributed by atoms with Crippen LogP contribution in [0.3, 0.4) is 0 Å². The zero-order chi connectivity index (χ0) is 18.4. The Balaban J connectivity index is 2.20. The molecule has 25 heavy (non-hydrogen) atoms. The van der Waals surface area contributed by atoms with Crippen LogP contribution in [0.15, 0.2) is 30.3 Å². The molecule has 1 unspecified atom stereocenters. The third-order valence-electron chi connectivity index (χ3n) is 5.74. The molecule has 0 bridgehead atoms. The van der Waals surface area contributed by atoms with Crippen LogP contribution in [0.2, 0.25) is 0 Å². The van der Waals surface area contributed by atoms with Gasteiger partial charge in [0.1, 0.15) is 12.1 Å². The van der Waals surface area contributed by atoms with Gasteiger partial charge in [-0.3, -0.25) is 4.90 Å².